The lowest BCUT2D eigenvalue weighted by molar-refractivity contribution is -0.136. The van der Waals surface area contributed by atoms with Crippen molar-refractivity contribution in [3.8, 4) is 0 Å². The van der Waals surface area contributed by atoms with Crippen LogP contribution in [0.5, 0.6) is 0 Å². The molecule has 1 N–H and O–H groups in total. The quantitative estimate of drug-likeness (QED) is 0.852. The number of carboxylic acid groups (broad SMARTS) is 1. The lowest BCUT2D eigenvalue weighted by atomic mass is 9.73. The van der Waals surface area contributed by atoms with Gasteiger partial charge in [-0.1, -0.05) is 26.0 Å². The summed E-state index contributed by atoms with van der Waals surface area (Å²) >= 11 is 0. The predicted octanol–water partition coefficient (Wildman–Crippen LogP) is 2.47. The number of benzene rings is 1. The highest BCUT2D eigenvalue weighted by atomic mass is 16.4. The van der Waals surface area contributed by atoms with Crippen molar-refractivity contribution in [1.82, 2.24) is 0 Å². The monoisotopic (exact) mass is 232 g/mol. The van der Waals surface area contributed by atoms with Crippen LogP contribution in [0.1, 0.15) is 41.8 Å². The molecule has 17 heavy (non-hydrogen) atoms. The molecule has 0 bridgehead atoms. The summed E-state index contributed by atoms with van der Waals surface area (Å²) in [5.74, 6) is -0.739. The number of hydrogen-bond acceptors (Lipinski definition) is 2. The molecule has 0 heterocycles. The van der Waals surface area contributed by atoms with Crippen LogP contribution in [-0.2, 0) is 17.6 Å². The molecule has 0 radical (unpaired) electrons. The Morgan fingerprint density at radius 3 is 2.71 bits per heavy atom. The van der Waals surface area contributed by atoms with Crippen molar-refractivity contribution in [1.29, 1.82) is 0 Å². The number of aliphatic carboxylic acids is 1. The lowest BCUT2D eigenvalue weighted by Gasteiger charge is -2.30. The molecule has 0 aromatic heterocycles. The van der Waals surface area contributed by atoms with E-state index in [1.54, 1.807) is 6.07 Å². The highest BCUT2D eigenvalue weighted by Gasteiger charge is 2.30. The topological polar surface area (TPSA) is 54.4 Å². The Morgan fingerprint density at radius 2 is 2.06 bits per heavy atom. The summed E-state index contributed by atoms with van der Waals surface area (Å²) in [5, 5.41) is 8.74. The number of carbonyl (C=O) groups is 2. The Hall–Kier alpha value is -1.64. The van der Waals surface area contributed by atoms with Gasteiger partial charge in [0.25, 0.3) is 0 Å². The molecule has 0 saturated carbocycles. The molecule has 0 unspecified atom stereocenters. The first-order valence-electron chi connectivity index (χ1n) is 5.74. The maximum absolute atomic E-state index is 12.0. The van der Waals surface area contributed by atoms with E-state index in [9.17, 15) is 9.59 Å². The van der Waals surface area contributed by atoms with Crippen LogP contribution in [0.3, 0.4) is 0 Å². The van der Waals surface area contributed by atoms with Crippen LogP contribution in [0.25, 0.3) is 0 Å². The zero-order valence-corrected chi connectivity index (χ0v) is 10.1. The molecule has 0 spiro atoms. The van der Waals surface area contributed by atoms with E-state index in [1.165, 1.54) is 0 Å². The van der Waals surface area contributed by atoms with E-state index in [4.69, 9.17) is 5.11 Å². The third-order valence-corrected chi connectivity index (χ3v) is 3.14. The second-order valence-electron chi connectivity index (χ2n) is 5.50. The smallest absolute Gasteiger partial charge is 0.307 e. The van der Waals surface area contributed by atoms with Crippen molar-refractivity contribution < 1.29 is 14.7 Å². The average Bonchev–Trinajstić information content (AvgIpc) is 2.16. The number of carbonyl (C=O) groups excluding carboxylic acids is 1. The minimum atomic E-state index is -0.867. The third kappa shape index (κ3) is 2.54. The first-order chi connectivity index (χ1) is 7.87. The van der Waals surface area contributed by atoms with Crippen molar-refractivity contribution in [3.05, 3.63) is 34.9 Å². The molecular formula is C14H16O3. The van der Waals surface area contributed by atoms with Gasteiger partial charge in [0.2, 0.25) is 0 Å². The van der Waals surface area contributed by atoms with E-state index in [-0.39, 0.29) is 17.6 Å². The zero-order valence-electron chi connectivity index (χ0n) is 10.1. The highest BCUT2D eigenvalue weighted by Crippen LogP contribution is 2.34. The van der Waals surface area contributed by atoms with Gasteiger partial charge in [0.05, 0.1) is 6.42 Å². The molecule has 1 aromatic carbocycles. The van der Waals surface area contributed by atoms with E-state index in [2.05, 4.69) is 13.8 Å². The standard InChI is InChI=1S/C14H16O3/c1-14(2)7-10-4-3-9(6-13(16)17)5-11(10)12(15)8-14/h3-5H,6-8H2,1-2H3,(H,16,17). The highest BCUT2D eigenvalue weighted by molar-refractivity contribution is 5.99. The summed E-state index contributed by atoms with van der Waals surface area (Å²) < 4.78 is 0. The third-order valence-electron chi connectivity index (χ3n) is 3.14. The molecule has 0 amide bonds. The van der Waals surface area contributed by atoms with Crippen LogP contribution in [0, 0.1) is 5.41 Å². The predicted molar refractivity (Wildman–Crippen MR) is 64.2 cm³/mol. The van der Waals surface area contributed by atoms with Crippen LogP contribution >= 0.6 is 0 Å². The second-order valence-corrected chi connectivity index (χ2v) is 5.50. The normalized spacial score (nSPS) is 17.6. The Balaban J connectivity index is 2.37. The summed E-state index contributed by atoms with van der Waals surface area (Å²) in [6.45, 7) is 4.16. The van der Waals surface area contributed by atoms with Gasteiger partial charge in [0.1, 0.15) is 0 Å². The van der Waals surface area contributed by atoms with Gasteiger partial charge in [-0.2, -0.15) is 0 Å². The molecule has 1 aliphatic carbocycles. The molecule has 0 aliphatic heterocycles. The number of hydrogen-bond donors (Lipinski definition) is 1. The Bertz CT molecular complexity index is 486. The van der Waals surface area contributed by atoms with Crippen molar-refractivity contribution in [2.45, 2.75) is 33.1 Å². The van der Waals surface area contributed by atoms with Crippen LogP contribution < -0.4 is 0 Å². The lowest BCUT2D eigenvalue weighted by Crippen LogP contribution is -2.27. The summed E-state index contributed by atoms with van der Waals surface area (Å²) in [6, 6.07) is 5.44. The van der Waals surface area contributed by atoms with Gasteiger partial charge >= 0.3 is 5.97 Å². The molecule has 0 atom stereocenters. The minimum Gasteiger partial charge on any atom is -0.481 e. The molecule has 1 aliphatic rings. The largest absolute Gasteiger partial charge is 0.481 e. The molecular weight excluding hydrogens is 216 g/mol. The van der Waals surface area contributed by atoms with E-state index in [1.807, 2.05) is 12.1 Å². The van der Waals surface area contributed by atoms with Gasteiger partial charge in [-0.3, -0.25) is 9.59 Å². The Morgan fingerprint density at radius 1 is 1.35 bits per heavy atom. The minimum absolute atomic E-state index is 0.0123. The fraction of sp³-hybridized carbons (Fsp3) is 0.429. The first kappa shape index (κ1) is 11.8. The Kier molecular flexibility index (Phi) is 2.77. The number of carboxylic acids is 1. The van der Waals surface area contributed by atoms with Gasteiger partial charge in [-0.25, -0.2) is 0 Å². The summed E-state index contributed by atoms with van der Waals surface area (Å²) in [6.07, 6.45) is 1.39. The van der Waals surface area contributed by atoms with Crippen LogP contribution in [0.4, 0.5) is 0 Å². The number of fused-ring (bicyclic) bond motifs is 1. The van der Waals surface area contributed by atoms with Gasteiger partial charge in [0, 0.05) is 12.0 Å². The maximum atomic E-state index is 12.0. The fourth-order valence-corrected chi connectivity index (χ4v) is 2.43. The van der Waals surface area contributed by atoms with E-state index in [0.717, 1.165) is 12.0 Å². The van der Waals surface area contributed by atoms with E-state index in [0.29, 0.717) is 17.5 Å². The van der Waals surface area contributed by atoms with Gasteiger partial charge in [-0.15, -0.1) is 0 Å². The van der Waals surface area contributed by atoms with Gasteiger partial charge in [0.15, 0.2) is 5.78 Å². The summed E-state index contributed by atoms with van der Waals surface area (Å²) in [5.41, 5.74) is 2.46. The SMILES string of the molecule is CC1(C)CC(=O)c2cc(CC(=O)O)ccc2C1. The molecule has 1 aromatic rings. The van der Waals surface area contributed by atoms with Gasteiger partial charge in [-0.05, 0) is 29.0 Å². The van der Waals surface area contributed by atoms with E-state index >= 15 is 0 Å². The average molecular weight is 232 g/mol. The number of Topliss-reactive ketones (excluding diaryl/α,β-unsaturated/α-hetero) is 1. The fourth-order valence-electron chi connectivity index (χ4n) is 2.43. The number of ketones is 1. The summed E-state index contributed by atoms with van der Waals surface area (Å²) in [4.78, 5) is 22.6. The zero-order chi connectivity index (χ0) is 12.6. The van der Waals surface area contributed by atoms with E-state index < -0.39 is 5.97 Å². The first-order valence-corrected chi connectivity index (χ1v) is 5.74. The van der Waals surface area contributed by atoms with Crippen molar-refractivity contribution in [2.24, 2.45) is 5.41 Å². The summed E-state index contributed by atoms with van der Waals surface area (Å²) in [7, 11) is 0. The van der Waals surface area contributed by atoms with Crippen LogP contribution in [0.2, 0.25) is 0 Å². The number of rotatable bonds is 2. The molecule has 0 fully saturated rings. The molecule has 0 saturated heterocycles. The molecule has 90 valence electrons. The van der Waals surface area contributed by atoms with Crippen LogP contribution in [-0.4, -0.2) is 16.9 Å². The van der Waals surface area contributed by atoms with Gasteiger partial charge < -0.3 is 5.11 Å². The molecule has 3 heteroatoms. The molecule has 2 rings (SSSR count). The van der Waals surface area contributed by atoms with Crippen LogP contribution in [0.15, 0.2) is 18.2 Å². The Labute approximate surface area is 100 Å². The van der Waals surface area contributed by atoms with Crippen molar-refractivity contribution in [2.75, 3.05) is 0 Å². The maximum Gasteiger partial charge on any atom is 0.307 e. The van der Waals surface area contributed by atoms with Crippen molar-refractivity contribution in [3.63, 3.8) is 0 Å². The second kappa shape index (κ2) is 3.99. The van der Waals surface area contributed by atoms with Crippen molar-refractivity contribution >= 4 is 11.8 Å². The molecule has 3 nitrogen and oxygen atoms in total.